The summed E-state index contributed by atoms with van der Waals surface area (Å²) in [4.78, 5) is 13.9. The van der Waals surface area contributed by atoms with Crippen molar-refractivity contribution in [1.29, 1.82) is 0 Å². The summed E-state index contributed by atoms with van der Waals surface area (Å²) in [6, 6.07) is 3.02. The van der Waals surface area contributed by atoms with Crippen LogP contribution in [0.3, 0.4) is 0 Å². The van der Waals surface area contributed by atoms with Crippen molar-refractivity contribution in [2.45, 2.75) is 38.2 Å². The van der Waals surface area contributed by atoms with E-state index in [-0.39, 0.29) is 11.0 Å². The molecule has 1 spiro atoms. The summed E-state index contributed by atoms with van der Waals surface area (Å²) >= 11 is 0. The topological polar surface area (TPSA) is 40.5 Å². The lowest BCUT2D eigenvalue weighted by atomic mass is 9.53. The number of piperidine rings is 1. The van der Waals surface area contributed by atoms with Crippen LogP contribution in [0.25, 0.3) is 0 Å². The second kappa shape index (κ2) is 4.77. The summed E-state index contributed by atoms with van der Waals surface area (Å²) < 4.78 is 26.6. The van der Waals surface area contributed by atoms with E-state index in [1.54, 1.807) is 4.90 Å². The number of halogens is 2. The SMILES string of the molecule is CC1(O)CCC12CCN(C(=O)c1ccc(F)cc1F)CC2. The standard InChI is InChI=1S/C16H19F2NO2/c1-15(21)4-5-16(15)6-8-19(9-7-16)14(20)12-3-2-11(17)10-13(12)18/h2-3,10,21H,4-9H2,1H3. The smallest absolute Gasteiger partial charge is 0.256 e. The molecule has 1 amide bonds. The van der Waals surface area contributed by atoms with E-state index in [4.69, 9.17) is 0 Å². The molecule has 2 fully saturated rings. The lowest BCUT2D eigenvalue weighted by Gasteiger charge is -2.58. The highest BCUT2D eigenvalue weighted by Crippen LogP contribution is 2.56. The maximum absolute atomic E-state index is 13.7. The van der Waals surface area contributed by atoms with E-state index in [0.29, 0.717) is 13.1 Å². The van der Waals surface area contributed by atoms with E-state index in [9.17, 15) is 18.7 Å². The van der Waals surface area contributed by atoms with Crippen molar-refractivity contribution in [3.8, 4) is 0 Å². The molecule has 0 bridgehead atoms. The first kappa shape index (κ1) is 14.4. The molecule has 0 aromatic heterocycles. The number of carbonyl (C=O) groups excluding carboxylic acids is 1. The zero-order chi connectivity index (χ0) is 15.3. The Labute approximate surface area is 122 Å². The Morgan fingerprint density at radius 2 is 1.86 bits per heavy atom. The molecule has 1 aromatic carbocycles. The summed E-state index contributed by atoms with van der Waals surface area (Å²) in [7, 11) is 0. The number of rotatable bonds is 1. The summed E-state index contributed by atoms with van der Waals surface area (Å²) in [5, 5.41) is 10.3. The summed E-state index contributed by atoms with van der Waals surface area (Å²) in [5.41, 5.74) is -0.832. The Morgan fingerprint density at radius 3 is 2.33 bits per heavy atom. The van der Waals surface area contributed by atoms with Crippen LogP contribution in [0.2, 0.25) is 0 Å². The fourth-order valence-electron chi connectivity index (χ4n) is 3.60. The predicted octanol–water partition coefficient (Wildman–Crippen LogP) is 2.73. The van der Waals surface area contributed by atoms with Gasteiger partial charge in [0.25, 0.3) is 5.91 Å². The van der Waals surface area contributed by atoms with Crippen molar-refractivity contribution in [3.63, 3.8) is 0 Å². The van der Waals surface area contributed by atoms with E-state index >= 15 is 0 Å². The lowest BCUT2D eigenvalue weighted by Crippen LogP contribution is -2.60. The molecule has 1 saturated heterocycles. The van der Waals surface area contributed by atoms with Crippen molar-refractivity contribution in [3.05, 3.63) is 35.4 Å². The first-order chi connectivity index (χ1) is 9.85. The van der Waals surface area contributed by atoms with Gasteiger partial charge in [0.1, 0.15) is 11.6 Å². The molecule has 1 saturated carbocycles. The molecule has 114 valence electrons. The fourth-order valence-corrected chi connectivity index (χ4v) is 3.60. The van der Waals surface area contributed by atoms with E-state index in [0.717, 1.165) is 37.8 Å². The van der Waals surface area contributed by atoms with Crippen LogP contribution in [-0.4, -0.2) is 34.6 Å². The first-order valence-corrected chi connectivity index (χ1v) is 7.31. The molecule has 1 heterocycles. The van der Waals surface area contributed by atoms with Gasteiger partial charge in [-0.3, -0.25) is 4.79 Å². The van der Waals surface area contributed by atoms with E-state index in [1.807, 2.05) is 6.92 Å². The van der Waals surface area contributed by atoms with Crippen LogP contribution in [0.4, 0.5) is 8.78 Å². The molecule has 1 aromatic rings. The lowest BCUT2D eigenvalue weighted by molar-refractivity contribution is -0.174. The summed E-state index contributed by atoms with van der Waals surface area (Å²) in [6.07, 6.45) is 3.24. The minimum Gasteiger partial charge on any atom is -0.390 e. The van der Waals surface area contributed by atoms with Crippen molar-refractivity contribution in [1.82, 2.24) is 4.90 Å². The van der Waals surface area contributed by atoms with Crippen molar-refractivity contribution >= 4 is 5.91 Å². The number of carbonyl (C=O) groups is 1. The van der Waals surface area contributed by atoms with Crippen LogP contribution < -0.4 is 0 Å². The molecule has 1 atom stereocenters. The summed E-state index contributed by atoms with van der Waals surface area (Å²) in [5.74, 6) is -1.91. The molecule has 0 radical (unpaired) electrons. The largest absolute Gasteiger partial charge is 0.390 e. The fraction of sp³-hybridized carbons (Fsp3) is 0.562. The number of hydrogen-bond acceptors (Lipinski definition) is 2. The van der Waals surface area contributed by atoms with Gasteiger partial charge in [-0.25, -0.2) is 8.78 Å². The van der Waals surface area contributed by atoms with Gasteiger partial charge in [-0.15, -0.1) is 0 Å². The maximum Gasteiger partial charge on any atom is 0.256 e. The van der Waals surface area contributed by atoms with Gasteiger partial charge in [-0.05, 0) is 44.7 Å². The van der Waals surface area contributed by atoms with Gasteiger partial charge in [-0.1, -0.05) is 0 Å². The molecule has 1 N–H and O–H groups in total. The zero-order valence-corrected chi connectivity index (χ0v) is 12.0. The van der Waals surface area contributed by atoms with Gasteiger partial charge in [0.2, 0.25) is 0 Å². The third-order valence-electron chi connectivity index (χ3n) is 5.40. The first-order valence-electron chi connectivity index (χ1n) is 7.31. The third kappa shape index (κ3) is 2.24. The van der Waals surface area contributed by atoms with Gasteiger partial charge in [0.05, 0.1) is 11.2 Å². The average molecular weight is 295 g/mol. The number of aliphatic hydroxyl groups is 1. The molecule has 1 aliphatic heterocycles. The predicted molar refractivity (Wildman–Crippen MR) is 73.8 cm³/mol. The molecular weight excluding hydrogens is 276 g/mol. The Morgan fingerprint density at radius 1 is 1.19 bits per heavy atom. The van der Waals surface area contributed by atoms with Crippen molar-refractivity contribution in [2.24, 2.45) is 5.41 Å². The molecule has 3 nitrogen and oxygen atoms in total. The Balaban J connectivity index is 1.71. The Kier molecular flexibility index (Phi) is 3.28. The highest BCUT2D eigenvalue weighted by molar-refractivity contribution is 5.94. The molecule has 2 aliphatic rings. The highest BCUT2D eigenvalue weighted by Gasteiger charge is 2.55. The highest BCUT2D eigenvalue weighted by atomic mass is 19.1. The minimum absolute atomic E-state index is 0.0901. The van der Waals surface area contributed by atoms with Crippen molar-refractivity contribution in [2.75, 3.05) is 13.1 Å². The van der Waals surface area contributed by atoms with E-state index < -0.39 is 23.1 Å². The van der Waals surface area contributed by atoms with E-state index in [1.165, 1.54) is 6.07 Å². The van der Waals surface area contributed by atoms with Gasteiger partial charge in [0.15, 0.2) is 0 Å². The molecule has 21 heavy (non-hydrogen) atoms. The zero-order valence-electron chi connectivity index (χ0n) is 12.0. The Bertz CT molecular complexity index is 578. The van der Waals surface area contributed by atoms with Crippen LogP contribution in [0.1, 0.15) is 43.0 Å². The van der Waals surface area contributed by atoms with E-state index in [2.05, 4.69) is 0 Å². The average Bonchev–Trinajstić information content (AvgIpc) is 2.45. The molecule has 1 aliphatic carbocycles. The molecule has 5 heteroatoms. The monoisotopic (exact) mass is 295 g/mol. The number of benzene rings is 1. The third-order valence-corrected chi connectivity index (χ3v) is 5.40. The quantitative estimate of drug-likeness (QED) is 0.865. The normalized spacial score (nSPS) is 27.5. The Hall–Kier alpha value is -1.49. The number of likely N-dealkylation sites (tertiary alicyclic amines) is 1. The number of hydrogen-bond donors (Lipinski definition) is 1. The number of nitrogens with zero attached hydrogens (tertiary/aromatic N) is 1. The van der Waals surface area contributed by atoms with Gasteiger partial charge >= 0.3 is 0 Å². The van der Waals surface area contributed by atoms with Crippen LogP contribution in [0.5, 0.6) is 0 Å². The minimum atomic E-state index is -0.823. The van der Waals surface area contributed by atoms with Gasteiger partial charge in [-0.2, -0.15) is 0 Å². The van der Waals surface area contributed by atoms with Crippen molar-refractivity contribution < 1.29 is 18.7 Å². The molecule has 1 unspecified atom stereocenters. The maximum atomic E-state index is 13.7. The van der Waals surface area contributed by atoms with Crippen LogP contribution in [0, 0.1) is 17.0 Å². The second-order valence-corrected chi connectivity index (χ2v) is 6.47. The second-order valence-electron chi connectivity index (χ2n) is 6.47. The molecular formula is C16H19F2NO2. The molecule has 3 rings (SSSR count). The van der Waals surface area contributed by atoms with Crippen LogP contribution >= 0.6 is 0 Å². The van der Waals surface area contributed by atoms with Gasteiger partial charge < -0.3 is 10.0 Å². The van der Waals surface area contributed by atoms with Crippen LogP contribution in [-0.2, 0) is 0 Å². The number of amides is 1. The van der Waals surface area contributed by atoms with Crippen LogP contribution in [0.15, 0.2) is 18.2 Å². The summed E-state index contributed by atoms with van der Waals surface area (Å²) in [6.45, 7) is 2.87. The van der Waals surface area contributed by atoms with Gasteiger partial charge in [0, 0.05) is 24.6 Å².